The highest BCUT2D eigenvalue weighted by atomic mass is 35.5. The molecule has 0 bridgehead atoms. The smallest absolute Gasteiger partial charge is 0.356 e. The van der Waals surface area contributed by atoms with Crippen LogP contribution in [0.3, 0.4) is 0 Å². The minimum Gasteiger partial charge on any atom is -0.476 e. The van der Waals surface area contributed by atoms with Gasteiger partial charge in [0, 0.05) is 17.3 Å². The van der Waals surface area contributed by atoms with Crippen molar-refractivity contribution < 1.29 is 9.90 Å². The van der Waals surface area contributed by atoms with Crippen LogP contribution in [0.5, 0.6) is 0 Å². The number of hydrogen-bond acceptors (Lipinski definition) is 2. The minimum atomic E-state index is -0.997. The molecule has 4 nitrogen and oxygen atoms in total. The molecular formula is C13H13ClN2O2. The summed E-state index contributed by atoms with van der Waals surface area (Å²) in [4.78, 5) is 10.8. The first-order valence-electron chi connectivity index (χ1n) is 5.58. The Labute approximate surface area is 110 Å². The van der Waals surface area contributed by atoms with Crippen molar-refractivity contribution in [2.45, 2.75) is 19.9 Å². The quantitative estimate of drug-likeness (QED) is 0.924. The lowest BCUT2D eigenvalue weighted by molar-refractivity contribution is 0.0689. The zero-order valence-electron chi connectivity index (χ0n) is 9.93. The number of rotatable bonds is 4. The Morgan fingerprint density at radius 2 is 2.06 bits per heavy atom. The topological polar surface area (TPSA) is 55.1 Å². The molecule has 1 aromatic carbocycles. The zero-order chi connectivity index (χ0) is 13.1. The van der Waals surface area contributed by atoms with Crippen molar-refractivity contribution in [1.29, 1.82) is 0 Å². The molecule has 2 rings (SSSR count). The lowest BCUT2D eigenvalue weighted by Gasteiger charge is -2.04. The second-order valence-corrected chi connectivity index (χ2v) is 4.51. The van der Waals surface area contributed by atoms with Crippen molar-refractivity contribution in [3.63, 3.8) is 0 Å². The standard InChI is InChI=1S/C13H13ClN2O2/c1-9-8-12(13(17)18)15-16(9)7-6-10-2-4-11(14)5-3-10/h2-5,8H,6-7H2,1H3,(H,17,18). The molecule has 0 saturated heterocycles. The molecule has 94 valence electrons. The van der Waals surface area contributed by atoms with E-state index >= 15 is 0 Å². The van der Waals surface area contributed by atoms with Gasteiger partial charge in [0.05, 0.1) is 0 Å². The second kappa shape index (κ2) is 5.23. The average molecular weight is 265 g/mol. The van der Waals surface area contributed by atoms with Gasteiger partial charge >= 0.3 is 5.97 Å². The van der Waals surface area contributed by atoms with E-state index in [1.807, 2.05) is 31.2 Å². The number of carboxylic acids is 1. The highest BCUT2D eigenvalue weighted by Gasteiger charge is 2.10. The Hall–Kier alpha value is -1.81. The van der Waals surface area contributed by atoms with Crippen LogP contribution < -0.4 is 0 Å². The van der Waals surface area contributed by atoms with E-state index in [4.69, 9.17) is 16.7 Å². The van der Waals surface area contributed by atoms with Crippen LogP contribution in [-0.2, 0) is 13.0 Å². The van der Waals surface area contributed by atoms with E-state index in [1.165, 1.54) is 0 Å². The van der Waals surface area contributed by atoms with E-state index in [0.29, 0.717) is 11.6 Å². The Bertz CT molecular complexity index is 561. The first-order valence-corrected chi connectivity index (χ1v) is 5.96. The van der Waals surface area contributed by atoms with Crippen molar-refractivity contribution in [3.05, 3.63) is 52.3 Å². The average Bonchev–Trinajstić information content (AvgIpc) is 2.70. The Kier molecular flexibility index (Phi) is 3.67. The third-order valence-electron chi connectivity index (χ3n) is 2.73. The molecule has 0 atom stereocenters. The van der Waals surface area contributed by atoms with Crippen molar-refractivity contribution in [2.24, 2.45) is 0 Å². The fraction of sp³-hybridized carbons (Fsp3) is 0.231. The number of benzene rings is 1. The molecule has 0 radical (unpaired) electrons. The number of aromatic nitrogens is 2. The highest BCUT2D eigenvalue weighted by molar-refractivity contribution is 6.30. The van der Waals surface area contributed by atoms with E-state index in [0.717, 1.165) is 17.7 Å². The van der Waals surface area contributed by atoms with Gasteiger partial charge in [0.15, 0.2) is 5.69 Å². The maximum absolute atomic E-state index is 10.8. The summed E-state index contributed by atoms with van der Waals surface area (Å²) in [5, 5.41) is 13.6. The third-order valence-corrected chi connectivity index (χ3v) is 2.98. The van der Waals surface area contributed by atoms with Crippen LogP contribution in [-0.4, -0.2) is 20.9 Å². The monoisotopic (exact) mass is 264 g/mol. The molecule has 0 fully saturated rings. The summed E-state index contributed by atoms with van der Waals surface area (Å²) < 4.78 is 1.71. The maximum atomic E-state index is 10.8. The van der Waals surface area contributed by atoms with Crippen molar-refractivity contribution in [3.8, 4) is 0 Å². The number of aryl methyl sites for hydroxylation is 3. The van der Waals surface area contributed by atoms with Gasteiger partial charge in [-0.3, -0.25) is 4.68 Å². The van der Waals surface area contributed by atoms with Crippen molar-refractivity contribution >= 4 is 17.6 Å². The van der Waals surface area contributed by atoms with Gasteiger partial charge in [-0.1, -0.05) is 23.7 Å². The number of carboxylic acid groups (broad SMARTS) is 1. The molecule has 0 saturated carbocycles. The van der Waals surface area contributed by atoms with Crippen molar-refractivity contribution in [1.82, 2.24) is 9.78 Å². The van der Waals surface area contributed by atoms with E-state index in [-0.39, 0.29) is 5.69 Å². The molecule has 0 spiro atoms. The summed E-state index contributed by atoms with van der Waals surface area (Å²) in [6.07, 6.45) is 0.790. The first kappa shape index (κ1) is 12.6. The largest absolute Gasteiger partial charge is 0.476 e. The normalized spacial score (nSPS) is 10.6. The zero-order valence-corrected chi connectivity index (χ0v) is 10.7. The molecule has 0 amide bonds. The van der Waals surface area contributed by atoms with Crippen LogP contribution >= 0.6 is 11.6 Å². The van der Waals surface area contributed by atoms with Gasteiger partial charge < -0.3 is 5.11 Å². The number of nitrogens with zero attached hydrogens (tertiary/aromatic N) is 2. The lowest BCUT2D eigenvalue weighted by Crippen LogP contribution is -2.06. The number of halogens is 1. The summed E-state index contributed by atoms with van der Waals surface area (Å²) in [5.41, 5.74) is 2.08. The molecule has 1 aromatic heterocycles. The van der Waals surface area contributed by atoms with Gasteiger partial charge in [0.25, 0.3) is 0 Å². The molecule has 0 aliphatic carbocycles. The van der Waals surface area contributed by atoms with E-state index in [2.05, 4.69) is 5.10 Å². The number of carbonyl (C=O) groups is 1. The van der Waals surface area contributed by atoms with Gasteiger partial charge in [0.2, 0.25) is 0 Å². The maximum Gasteiger partial charge on any atom is 0.356 e. The summed E-state index contributed by atoms with van der Waals surface area (Å²) in [6.45, 7) is 2.50. The molecule has 0 aliphatic heterocycles. The van der Waals surface area contributed by atoms with Gasteiger partial charge in [0.1, 0.15) is 0 Å². The van der Waals surface area contributed by atoms with Crippen LogP contribution in [0.25, 0.3) is 0 Å². The number of aromatic carboxylic acids is 1. The van der Waals surface area contributed by atoms with Crippen molar-refractivity contribution in [2.75, 3.05) is 0 Å². The van der Waals surface area contributed by atoms with Gasteiger partial charge in [-0.05, 0) is 37.1 Å². The molecule has 18 heavy (non-hydrogen) atoms. The summed E-state index contributed by atoms with van der Waals surface area (Å²) in [5.74, 6) is -0.997. The van der Waals surface area contributed by atoms with Crippen LogP contribution in [0, 0.1) is 6.92 Å². The fourth-order valence-electron chi connectivity index (χ4n) is 1.73. The lowest BCUT2D eigenvalue weighted by atomic mass is 10.1. The second-order valence-electron chi connectivity index (χ2n) is 4.08. The fourth-order valence-corrected chi connectivity index (χ4v) is 1.85. The molecule has 2 aromatic rings. The minimum absolute atomic E-state index is 0.0867. The van der Waals surface area contributed by atoms with E-state index < -0.39 is 5.97 Å². The Balaban J connectivity index is 2.06. The number of hydrogen-bond donors (Lipinski definition) is 1. The molecule has 1 heterocycles. The molecule has 0 unspecified atom stereocenters. The molecule has 5 heteroatoms. The van der Waals surface area contributed by atoms with E-state index in [1.54, 1.807) is 10.7 Å². The van der Waals surface area contributed by atoms with Crippen LogP contribution in [0.4, 0.5) is 0 Å². The third kappa shape index (κ3) is 2.90. The van der Waals surface area contributed by atoms with Gasteiger partial charge in [-0.2, -0.15) is 5.10 Å². The van der Waals surface area contributed by atoms with Gasteiger partial charge in [-0.15, -0.1) is 0 Å². The van der Waals surface area contributed by atoms with Gasteiger partial charge in [-0.25, -0.2) is 4.79 Å². The predicted molar refractivity (Wildman–Crippen MR) is 69.1 cm³/mol. The Morgan fingerprint density at radius 3 is 2.61 bits per heavy atom. The van der Waals surface area contributed by atoms with Crippen LogP contribution in [0.1, 0.15) is 21.7 Å². The summed E-state index contributed by atoms with van der Waals surface area (Å²) >= 11 is 5.81. The van der Waals surface area contributed by atoms with Crippen LogP contribution in [0.2, 0.25) is 5.02 Å². The molecule has 1 N–H and O–H groups in total. The van der Waals surface area contributed by atoms with Crippen LogP contribution in [0.15, 0.2) is 30.3 Å². The predicted octanol–water partition coefficient (Wildman–Crippen LogP) is 2.79. The Morgan fingerprint density at radius 1 is 1.39 bits per heavy atom. The SMILES string of the molecule is Cc1cc(C(=O)O)nn1CCc1ccc(Cl)cc1. The first-order chi connectivity index (χ1) is 8.56. The molecule has 0 aliphatic rings. The molecular weight excluding hydrogens is 252 g/mol. The summed E-state index contributed by atoms with van der Waals surface area (Å²) in [7, 11) is 0. The summed E-state index contributed by atoms with van der Waals surface area (Å²) in [6, 6.07) is 9.17. The highest BCUT2D eigenvalue weighted by Crippen LogP contribution is 2.11. The van der Waals surface area contributed by atoms with E-state index in [9.17, 15) is 4.79 Å².